The van der Waals surface area contributed by atoms with Crippen molar-refractivity contribution in [2.24, 2.45) is 0 Å². The van der Waals surface area contributed by atoms with Crippen LogP contribution in [0.5, 0.6) is 17.4 Å². The largest absolute Gasteiger partial charge is 0.484 e. The highest BCUT2D eigenvalue weighted by atomic mass is 35.5. The number of aromatic nitrogens is 3. The van der Waals surface area contributed by atoms with Crippen molar-refractivity contribution in [1.29, 1.82) is 0 Å². The highest BCUT2D eigenvalue weighted by molar-refractivity contribution is 6.31. The summed E-state index contributed by atoms with van der Waals surface area (Å²) < 4.78 is 16.4. The van der Waals surface area contributed by atoms with E-state index in [0.29, 0.717) is 33.8 Å². The molecule has 2 aromatic heterocycles. The molecule has 25 heavy (non-hydrogen) atoms. The van der Waals surface area contributed by atoms with Crippen LogP contribution in [0.4, 0.5) is 0 Å². The first-order chi connectivity index (χ1) is 12.3. The molecule has 0 radical (unpaired) electrons. The second kappa shape index (κ2) is 6.78. The Hall–Kier alpha value is -3.12. The van der Waals surface area contributed by atoms with Gasteiger partial charge in [-0.25, -0.2) is 15.0 Å². The number of halogens is 1. The van der Waals surface area contributed by atoms with Crippen LogP contribution in [0, 0.1) is 0 Å². The molecule has 0 atom stereocenters. The van der Waals surface area contributed by atoms with E-state index in [4.69, 9.17) is 25.5 Å². The van der Waals surface area contributed by atoms with Crippen molar-refractivity contribution in [3.05, 3.63) is 72.0 Å². The summed E-state index contributed by atoms with van der Waals surface area (Å²) in [5.74, 6) is 2.24. The van der Waals surface area contributed by atoms with Gasteiger partial charge < -0.3 is 13.9 Å². The molecule has 0 amide bonds. The number of nitrogens with zero attached hydrogens (tertiary/aromatic N) is 3. The second-order valence-corrected chi connectivity index (χ2v) is 5.57. The first kappa shape index (κ1) is 15.4. The van der Waals surface area contributed by atoms with Crippen LogP contribution in [0.3, 0.4) is 0 Å². The first-order valence-corrected chi connectivity index (χ1v) is 7.85. The summed E-state index contributed by atoms with van der Waals surface area (Å²) in [5.41, 5.74) is 1.43. The topological polar surface area (TPSA) is 70.3 Å². The molecule has 2 aromatic carbocycles. The molecular formula is C18H12ClN3O3. The molecule has 0 bridgehead atoms. The molecule has 0 spiro atoms. The first-order valence-electron chi connectivity index (χ1n) is 7.48. The molecule has 4 aromatic rings. The predicted molar refractivity (Wildman–Crippen MR) is 91.9 cm³/mol. The average Bonchev–Trinajstić information content (AvgIpc) is 3.15. The Labute approximate surface area is 148 Å². The van der Waals surface area contributed by atoms with Gasteiger partial charge in [-0.1, -0.05) is 11.6 Å². The SMILES string of the molecule is Clc1ccc2nc(Oc3ccc(OCc4ncco4)cc3)cnc2c1. The van der Waals surface area contributed by atoms with Gasteiger partial charge in [-0.2, -0.15) is 0 Å². The smallest absolute Gasteiger partial charge is 0.238 e. The fraction of sp³-hybridized carbons (Fsp3) is 0.0556. The van der Waals surface area contributed by atoms with E-state index in [0.717, 1.165) is 5.52 Å². The molecule has 2 heterocycles. The van der Waals surface area contributed by atoms with E-state index in [2.05, 4.69) is 15.0 Å². The van der Waals surface area contributed by atoms with Gasteiger partial charge >= 0.3 is 0 Å². The highest BCUT2D eigenvalue weighted by Crippen LogP contribution is 2.24. The fourth-order valence-electron chi connectivity index (χ4n) is 2.21. The van der Waals surface area contributed by atoms with Crippen LogP contribution in [0.2, 0.25) is 5.02 Å². The lowest BCUT2D eigenvalue weighted by molar-refractivity contribution is 0.263. The summed E-state index contributed by atoms with van der Waals surface area (Å²) in [7, 11) is 0. The van der Waals surface area contributed by atoms with E-state index >= 15 is 0 Å². The molecule has 4 rings (SSSR count). The van der Waals surface area contributed by atoms with Crippen LogP contribution in [-0.4, -0.2) is 15.0 Å². The Morgan fingerprint density at radius 1 is 0.960 bits per heavy atom. The summed E-state index contributed by atoms with van der Waals surface area (Å²) in [6, 6.07) is 12.5. The van der Waals surface area contributed by atoms with E-state index < -0.39 is 0 Å². The van der Waals surface area contributed by atoms with Gasteiger partial charge in [0.25, 0.3) is 0 Å². The summed E-state index contributed by atoms with van der Waals surface area (Å²) in [4.78, 5) is 12.7. The third-order valence-corrected chi connectivity index (χ3v) is 3.61. The molecule has 0 aliphatic carbocycles. The minimum absolute atomic E-state index is 0.270. The van der Waals surface area contributed by atoms with Gasteiger partial charge in [0.15, 0.2) is 6.61 Å². The number of hydrogen-bond acceptors (Lipinski definition) is 6. The van der Waals surface area contributed by atoms with Crippen molar-refractivity contribution in [3.8, 4) is 17.4 Å². The van der Waals surface area contributed by atoms with Gasteiger partial charge in [0, 0.05) is 5.02 Å². The lowest BCUT2D eigenvalue weighted by Gasteiger charge is -2.07. The Kier molecular flexibility index (Phi) is 4.18. The van der Waals surface area contributed by atoms with Crippen molar-refractivity contribution in [1.82, 2.24) is 15.0 Å². The third-order valence-electron chi connectivity index (χ3n) is 3.37. The van der Waals surface area contributed by atoms with Crippen molar-refractivity contribution >= 4 is 22.6 Å². The maximum atomic E-state index is 5.94. The summed E-state index contributed by atoms with van der Waals surface area (Å²) >= 11 is 5.94. The van der Waals surface area contributed by atoms with Crippen molar-refractivity contribution in [2.75, 3.05) is 0 Å². The van der Waals surface area contributed by atoms with Crippen molar-refractivity contribution in [2.45, 2.75) is 6.61 Å². The summed E-state index contributed by atoms with van der Waals surface area (Å²) in [6.07, 6.45) is 4.65. The minimum atomic E-state index is 0.270. The summed E-state index contributed by atoms with van der Waals surface area (Å²) in [5, 5.41) is 0.621. The van der Waals surface area contributed by atoms with Gasteiger partial charge in [-0.3, -0.25) is 0 Å². The lowest BCUT2D eigenvalue weighted by Crippen LogP contribution is -1.95. The van der Waals surface area contributed by atoms with Crippen molar-refractivity contribution < 1.29 is 13.9 Å². The van der Waals surface area contributed by atoms with Gasteiger partial charge in [-0.05, 0) is 42.5 Å². The van der Waals surface area contributed by atoms with Crippen molar-refractivity contribution in [3.63, 3.8) is 0 Å². The zero-order chi connectivity index (χ0) is 17.1. The molecule has 124 valence electrons. The van der Waals surface area contributed by atoms with Crippen LogP contribution in [0.15, 0.2) is 65.5 Å². The standard InChI is InChI=1S/C18H12ClN3O3/c19-12-1-6-15-16(9-12)21-10-17(22-15)25-14-4-2-13(3-5-14)24-11-18-20-7-8-23-18/h1-10H,11H2. The molecule has 6 nitrogen and oxygen atoms in total. The molecule has 0 aliphatic heterocycles. The molecule has 0 fully saturated rings. The molecule has 0 N–H and O–H groups in total. The normalized spacial score (nSPS) is 10.8. The molecule has 0 saturated heterocycles. The van der Waals surface area contributed by atoms with Gasteiger partial charge in [0.05, 0.1) is 23.4 Å². The number of benzene rings is 2. The van der Waals surface area contributed by atoms with Crippen LogP contribution >= 0.6 is 11.6 Å². The number of ether oxygens (including phenoxy) is 2. The van der Waals surface area contributed by atoms with Gasteiger partial charge in [-0.15, -0.1) is 0 Å². The summed E-state index contributed by atoms with van der Waals surface area (Å²) in [6.45, 7) is 0.270. The zero-order valence-electron chi connectivity index (χ0n) is 12.9. The Bertz CT molecular complexity index is 988. The van der Waals surface area contributed by atoms with E-state index in [-0.39, 0.29) is 6.61 Å². The van der Waals surface area contributed by atoms with Crippen LogP contribution in [0.25, 0.3) is 11.0 Å². The van der Waals surface area contributed by atoms with Crippen LogP contribution < -0.4 is 9.47 Å². The fourth-order valence-corrected chi connectivity index (χ4v) is 2.38. The Morgan fingerprint density at radius 2 is 1.80 bits per heavy atom. The maximum Gasteiger partial charge on any atom is 0.238 e. The van der Waals surface area contributed by atoms with Crippen LogP contribution in [0.1, 0.15) is 5.89 Å². The molecule has 7 heteroatoms. The van der Waals surface area contributed by atoms with Gasteiger partial charge in [0.2, 0.25) is 11.8 Å². The predicted octanol–water partition coefficient (Wildman–Crippen LogP) is 4.64. The Balaban J connectivity index is 1.44. The number of rotatable bonds is 5. The minimum Gasteiger partial charge on any atom is -0.484 e. The highest BCUT2D eigenvalue weighted by Gasteiger charge is 2.04. The van der Waals surface area contributed by atoms with E-state index in [1.54, 1.807) is 54.9 Å². The molecule has 0 unspecified atom stereocenters. The maximum absolute atomic E-state index is 5.94. The third kappa shape index (κ3) is 3.70. The van der Waals surface area contributed by atoms with E-state index in [9.17, 15) is 0 Å². The monoisotopic (exact) mass is 353 g/mol. The van der Waals surface area contributed by atoms with E-state index in [1.165, 1.54) is 6.26 Å². The molecular weight excluding hydrogens is 342 g/mol. The Morgan fingerprint density at radius 3 is 2.60 bits per heavy atom. The van der Waals surface area contributed by atoms with Crippen LogP contribution in [-0.2, 0) is 6.61 Å². The lowest BCUT2D eigenvalue weighted by atomic mass is 10.3. The number of fused-ring (bicyclic) bond motifs is 1. The second-order valence-electron chi connectivity index (χ2n) is 5.13. The van der Waals surface area contributed by atoms with Gasteiger partial charge in [0.1, 0.15) is 17.8 Å². The number of hydrogen-bond donors (Lipinski definition) is 0. The zero-order valence-corrected chi connectivity index (χ0v) is 13.7. The number of oxazole rings is 1. The average molecular weight is 354 g/mol. The van der Waals surface area contributed by atoms with E-state index in [1.807, 2.05) is 0 Å². The molecule has 0 aliphatic rings. The quantitative estimate of drug-likeness (QED) is 0.520. The molecule has 0 saturated carbocycles.